The van der Waals surface area contributed by atoms with Gasteiger partial charge in [-0.2, -0.15) is 0 Å². The first kappa shape index (κ1) is 15.3. The largest absolute Gasteiger partial charge is 0.391 e. The molecule has 1 aliphatic carbocycles. The summed E-state index contributed by atoms with van der Waals surface area (Å²) in [5.41, 5.74) is 1.08. The maximum absolute atomic E-state index is 10.2. The molecular weight excluding hydrogens is 330 g/mol. The number of hydrogen-bond donors (Lipinski definition) is 2. The number of piperidine rings is 1. The lowest BCUT2D eigenvalue weighted by molar-refractivity contribution is 0.00994. The van der Waals surface area contributed by atoms with Crippen LogP contribution in [0.3, 0.4) is 0 Å². The second-order valence-corrected chi connectivity index (χ2v) is 7.18. The smallest absolute Gasteiger partial charge is 0.0695 e. The van der Waals surface area contributed by atoms with E-state index in [1.165, 1.54) is 12.8 Å². The monoisotopic (exact) mass is 353 g/mol. The average molecular weight is 354 g/mol. The van der Waals surface area contributed by atoms with Gasteiger partial charge in [0.05, 0.1) is 18.0 Å². The van der Waals surface area contributed by atoms with Crippen molar-refractivity contribution >= 4 is 21.6 Å². The number of anilines is 1. The van der Waals surface area contributed by atoms with E-state index < -0.39 is 0 Å². The molecule has 21 heavy (non-hydrogen) atoms. The number of pyridine rings is 1. The first-order valence-electron chi connectivity index (χ1n) is 8.01. The minimum atomic E-state index is -0.113. The number of likely N-dealkylation sites (tertiary alicyclic amines) is 1. The van der Waals surface area contributed by atoms with Crippen LogP contribution in [0.15, 0.2) is 22.9 Å². The summed E-state index contributed by atoms with van der Waals surface area (Å²) >= 11 is 3.46. The van der Waals surface area contributed by atoms with Crippen LogP contribution in [0.4, 0.5) is 5.69 Å². The molecule has 0 amide bonds. The molecule has 2 aliphatic rings. The second-order valence-electron chi connectivity index (χ2n) is 6.27. The van der Waals surface area contributed by atoms with Crippen molar-refractivity contribution in [3.05, 3.63) is 22.9 Å². The van der Waals surface area contributed by atoms with E-state index in [9.17, 15) is 5.11 Å². The predicted octanol–water partition coefficient (Wildman–Crippen LogP) is 3.02. The molecule has 2 fully saturated rings. The molecule has 5 heteroatoms. The number of rotatable bonds is 3. The highest BCUT2D eigenvalue weighted by molar-refractivity contribution is 9.10. The van der Waals surface area contributed by atoms with Gasteiger partial charge in [-0.05, 0) is 47.7 Å². The highest BCUT2D eigenvalue weighted by Crippen LogP contribution is 2.27. The predicted molar refractivity (Wildman–Crippen MR) is 88.4 cm³/mol. The van der Waals surface area contributed by atoms with Crippen LogP contribution >= 0.6 is 15.9 Å². The maximum atomic E-state index is 10.2. The fraction of sp³-hybridized carbons (Fsp3) is 0.688. The van der Waals surface area contributed by atoms with Gasteiger partial charge in [0.1, 0.15) is 0 Å². The molecule has 0 spiro atoms. The normalized spacial score (nSPS) is 28.5. The highest BCUT2D eigenvalue weighted by atomic mass is 79.9. The van der Waals surface area contributed by atoms with Crippen molar-refractivity contribution in [3.63, 3.8) is 0 Å². The van der Waals surface area contributed by atoms with E-state index in [2.05, 4.69) is 37.2 Å². The average Bonchev–Trinajstić information content (AvgIpc) is 2.49. The number of aliphatic hydroxyl groups is 1. The van der Waals surface area contributed by atoms with Crippen molar-refractivity contribution in [3.8, 4) is 0 Å². The molecule has 1 aromatic rings. The number of nitrogens with zero attached hydrogens (tertiary/aromatic N) is 2. The number of aliphatic hydroxyl groups excluding tert-OH is 1. The molecule has 4 nitrogen and oxygen atoms in total. The van der Waals surface area contributed by atoms with Gasteiger partial charge in [0.15, 0.2) is 0 Å². The van der Waals surface area contributed by atoms with Crippen molar-refractivity contribution in [2.45, 2.75) is 56.7 Å². The number of nitrogens with one attached hydrogen (secondary N) is 1. The molecule has 116 valence electrons. The summed E-state index contributed by atoms with van der Waals surface area (Å²) in [7, 11) is 0. The lowest BCUT2D eigenvalue weighted by Gasteiger charge is -2.41. The third-order valence-electron chi connectivity index (χ3n) is 4.77. The Morgan fingerprint density at radius 2 is 1.90 bits per heavy atom. The summed E-state index contributed by atoms with van der Waals surface area (Å²) in [6.45, 7) is 2.17. The molecular formula is C16H24BrN3O. The van der Waals surface area contributed by atoms with E-state index in [1.54, 1.807) is 6.20 Å². The Hall–Kier alpha value is -0.650. The first-order chi connectivity index (χ1) is 10.2. The van der Waals surface area contributed by atoms with Gasteiger partial charge in [-0.25, -0.2) is 0 Å². The molecule has 1 saturated carbocycles. The van der Waals surface area contributed by atoms with E-state index in [0.29, 0.717) is 12.1 Å². The van der Waals surface area contributed by atoms with Crippen molar-refractivity contribution in [1.29, 1.82) is 0 Å². The fourth-order valence-corrected chi connectivity index (χ4v) is 3.98. The van der Waals surface area contributed by atoms with Gasteiger partial charge in [0.25, 0.3) is 0 Å². The van der Waals surface area contributed by atoms with Gasteiger partial charge < -0.3 is 10.4 Å². The summed E-state index contributed by atoms with van der Waals surface area (Å²) in [6.07, 6.45) is 10.4. The van der Waals surface area contributed by atoms with Gasteiger partial charge in [-0.1, -0.05) is 12.8 Å². The molecule has 1 aromatic heterocycles. The summed E-state index contributed by atoms with van der Waals surface area (Å²) in [5.74, 6) is 0. The second kappa shape index (κ2) is 7.07. The molecule has 0 aromatic carbocycles. The van der Waals surface area contributed by atoms with Crippen LogP contribution in [0.2, 0.25) is 0 Å². The van der Waals surface area contributed by atoms with Gasteiger partial charge in [0, 0.05) is 35.8 Å². The third-order valence-corrected chi connectivity index (χ3v) is 5.20. The van der Waals surface area contributed by atoms with Crippen LogP contribution in [0.5, 0.6) is 0 Å². The van der Waals surface area contributed by atoms with Crippen molar-refractivity contribution in [1.82, 2.24) is 9.88 Å². The molecule has 1 saturated heterocycles. The quantitative estimate of drug-likeness (QED) is 0.876. The maximum Gasteiger partial charge on any atom is 0.0695 e. The van der Waals surface area contributed by atoms with Gasteiger partial charge in [-0.15, -0.1) is 0 Å². The van der Waals surface area contributed by atoms with Crippen molar-refractivity contribution in [2.24, 2.45) is 0 Å². The Bertz CT molecular complexity index is 463. The number of aromatic nitrogens is 1. The topological polar surface area (TPSA) is 48.4 Å². The summed E-state index contributed by atoms with van der Waals surface area (Å²) in [6, 6.07) is 2.98. The first-order valence-corrected chi connectivity index (χ1v) is 8.81. The minimum absolute atomic E-state index is 0.113. The molecule has 2 heterocycles. The zero-order valence-corrected chi connectivity index (χ0v) is 13.9. The summed E-state index contributed by atoms with van der Waals surface area (Å²) in [5, 5.41) is 13.8. The van der Waals surface area contributed by atoms with Crippen LogP contribution in [0, 0.1) is 0 Å². The lowest BCUT2D eigenvalue weighted by Crippen LogP contribution is -2.50. The molecule has 0 radical (unpaired) electrons. The lowest BCUT2D eigenvalue weighted by atomic mass is 9.89. The Labute approximate surface area is 135 Å². The molecule has 3 rings (SSSR count). The molecule has 2 N–H and O–H groups in total. The zero-order valence-electron chi connectivity index (χ0n) is 12.3. The van der Waals surface area contributed by atoms with Crippen molar-refractivity contribution < 1.29 is 5.11 Å². The number of halogens is 1. The van der Waals surface area contributed by atoms with E-state index in [-0.39, 0.29) is 6.10 Å². The third kappa shape index (κ3) is 3.96. The molecule has 2 atom stereocenters. The molecule has 2 unspecified atom stereocenters. The summed E-state index contributed by atoms with van der Waals surface area (Å²) in [4.78, 5) is 6.70. The molecule has 1 aliphatic heterocycles. The standard InChI is InChI=1S/C16H24BrN3O/c17-12-9-14(11-18-10-12)19-13-5-7-20(8-6-13)15-3-1-2-4-16(15)21/h9-11,13,15-16,19,21H,1-8H2. The Kier molecular flexibility index (Phi) is 5.14. The van der Waals surface area contributed by atoms with Crippen LogP contribution in [0.25, 0.3) is 0 Å². The SMILES string of the molecule is OC1CCCCC1N1CCC(Nc2cncc(Br)c2)CC1. The Morgan fingerprint density at radius 1 is 1.14 bits per heavy atom. The van der Waals surface area contributed by atoms with E-state index in [4.69, 9.17) is 0 Å². The van der Waals surface area contributed by atoms with Crippen LogP contribution in [0.1, 0.15) is 38.5 Å². The summed E-state index contributed by atoms with van der Waals surface area (Å²) < 4.78 is 1.01. The van der Waals surface area contributed by atoms with Crippen LogP contribution < -0.4 is 5.32 Å². The number of hydrogen-bond acceptors (Lipinski definition) is 4. The van der Waals surface area contributed by atoms with Gasteiger partial charge in [-0.3, -0.25) is 9.88 Å². The van der Waals surface area contributed by atoms with Crippen LogP contribution in [-0.4, -0.2) is 46.3 Å². The minimum Gasteiger partial charge on any atom is -0.391 e. The Morgan fingerprint density at radius 3 is 2.62 bits per heavy atom. The van der Waals surface area contributed by atoms with Crippen LogP contribution in [-0.2, 0) is 0 Å². The van der Waals surface area contributed by atoms with Gasteiger partial charge >= 0.3 is 0 Å². The molecule has 0 bridgehead atoms. The van der Waals surface area contributed by atoms with Crippen molar-refractivity contribution in [2.75, 3.05) is 18.4 Å². The zero-order chi connectivity index (χ0) is 14.7. The van der Waals surface area contributed by atoms with E-state index in [1.807, 2.05) is 6.20 Å². The van der Waals surface area contributed by atoms with E-state index in [0.717, 1.165) is 48.9 Å². The fourth-order valence-electron chi connectivity index (χ4n) is 3.62. The Balaban J connectivity index is 1.50. The highest BCUT2D eigenvalue weighted by Gasteiger charge is 2.31. The van der Waals surface area contributed by atoms with Gasteiger partial charge in [0.2, 0.25) is 0 Å². The van der Waals surface area contributed by atoms with E-state index >= 15 is 0 Å².